The summed E-state index contributed by atoms with van der Waals surface area (Å²) in [5, 5.41) is 15.5. The Balaban J connectivity index is 1.65. The lowest BCUT2D eigenvalue weighted by Crippen LogP contribution is -2.52. The van der Waals surface area contributed by atoms with Crippen LogP contribution in [-0.4, -0.2) is 35.9 Å². The number of benzene rings is 1. The predicted octanol–water partition coefficient (Wildman–Crippen LogP) is 3.66. The average molecular weight is 345 g/mol. The molecule has 2 fully saturated rings. The summed E-state index contributed by atoms with van der Waals surface area (Å²) in [6.07, 6.45) is 5.92. The van der Waals surface area contributed by atoms with E-state index in [1.165, 1.54) is 24.9 Å². The normalized spacial score (nSPS) is 23.0. The number of rotatable bonds is 5. The van der Waals surface area contributed by atoms with Crippen LogP contribution in [0.5, 0.6) is 0 Å². The number of nitrogens with one attached hydrogen (secondary N) is 2. The van der Waals surface area contributed by atoms with Gasteiger partial charge in [-0.2, -0.15) is 0 Å². The van der Waals surface area contributed by atoms with Gasteiger partial charge in [0, 0.05) is 24.0 Å². The second-order valence-electron chi connectivity index (χ2n) is 7.97. The van der Waals surface area contributed by atoms with Gasteiger partial charge in [0.05, 0.1) is 12.1 Å². The van der Waals surface area contributed by atoms with Gasteiger partial charge in [-0.1, -0.05) is 0 Å². The summed E-state index contributed by atoms with van der Waals surface area (Å²) >= 11 is 0. The average Bonchev–Trinajstić information content (AvgIpc) is 3.42. The molecule has 3 N–H and O–H groups in total. The topological polar surface area (TPSA) is 64.6 Å². The summed E-state index contributed by atoms with van der Waals surface area (Å²) in [4.78, 5) is 14.8. The molecule has 0 bridgehead atoms. The van der Waals surface area contributed by atoms with Gasteiger partial charge in [-0.05, 0) is 82.6 Å². The van der Waals surface area contributed by atoms with Crippen molar-refractivity contribution in [1.29, 1.82) is 0 Å². The highest BCUT2D eigenvalue weighted by Gasteiger charge is 2.42. The van der Waals surface area contributed by atoms with E-state index < -0.39 is 5.54 Å². The lowest BCUT2D eigenvalue weighted by Gasteiger charge is -2.35. The fraction of sp³-hybridized carbons (Fsp3) is 0.650. The van der Waals surface area contributed by atoms with Gasteiger partial charge in [-0.15, -0.1) is 0 Å². The number of aryl methyl sites for hydroxylation is 1. The molecule has 0 spiro atoms. The molecule has 1 aromatic rings. The van der Waals surface area contributed by atoms with Crippen LogP contribution < -0.4 is 15.5 Å². The zero-order valence-electron chi connectivity index (χ0n) is 15.6. The van der Waals surface area contributed by atoms with E-state index in [1.807, 2.05) is 19.9 Å². The lowest BCUT2D eigenvalue weighted by atomic mass is 9.97. The molecule has 25 heavy (non-hydrogen) atoms. The summed E-state index contributed by atoms with van der Waals surface area (Å²) in [5.41, 5.74) is 2.58. The fourth-order valence-corrected chi connectivity index (χ4v) is 3.85. The minimum atomic E-state index is -0.527. The molecule has 138 valence electrons. The number of amides is 2. The highest BCUT2D eigenvalue weighted by molar-refractivity contribution is 5.91. The van der Waals surface area contributed by atoms with Crippen LogP contribution in [0.1, 0.15) is 51.5 Å². The van der Waals surface area contributed by atoms with Crippen LogP contribution >= 0.6 is 0 Å². The first-order valence-corrected chi connectivity index (χ1v) is 9.50. The van der Waals surface area contributed by atoms with Crippen molar-refractivity contribution in [2.75, 3.05) is 23.4 Å². The molecular weight excluding hydrogens is 314 g/mol. The Hall–Kier alpha value is -1.75. The second-order valence-corrected chi connectivity index (χ2v) is 7.97. The maximum absolute atomic E-state index is 12.4. The SMILES string of the molecule is Cc1cc(N2CCCCC2C)ccc1NC(=O)NC(C)(CO)C1CC1. The molecule has 1 saturated carbocycles. The minimum absolute atomic E-state index is 0.0319. The smallest absolute Gasteiger partial charge is 0.319 e. The highest BCUT2D eigenvalue weighted by Crippen LogP contribution is 2.39. The minimum Gasteiger partial charge on any atom is -0.394 e. The molecule has 2 unspecified atom stereocenters. The third-order valence-corrected chi connectivity index (χ3v) is 5.80. The van der Waals surface area contributed by atoms with Gasteiger partial charge < -0.3 is 20.6 Å². The number of nitrogens with zero attached hydrogens (tertiary/aromatic N) is 1. The Morgan fingerprint density at radius 2 is 2.08 bits per heavy atom. The van der Waals surface area contributed by atoms with E-state index in [9.17, 15) is 9.90 Å². The van der Waals surface area contributed by atoms with Crippen molar-refractivity contribution >= 4 is 17.4 Å². The molecule has 3 rings (SSSR count). The first-order valence-electron chi connectivity index (χ1n) is 9.50. The largest absolute Gasteiger partial charge is 0.394 e. The Morgan fingerprint density at radius 3 is 2.68 bits per heavy atom. The maximum Gasteiger partial charge on any atom is 0.319 e. The van der Waals surface area contributed by atoms with Crippen LogP contribution in [0.3, 0.4) is 0 Å². The number of piperidine rings is 1. The number of anilines is 2. The summed E-state index contributed by atoms with van der Waals surface area (Å²) in [6, 6.07) is 6.56. The molecule has 1 aromatic carbocycles. The van der Waals surface area contributed by atoms with E-state index in [0.29, 0.717) is 12.0 Å². The third-order valence-electron chi connectivity index (χ3n) is 5.80. The van der Waals surface area contributed by atoms with Gasteiger partial charge in [-0.25, -0.2) is 4.79 Å². The van der Waals surface area contributed by atoms with E-state index in [4.69, 9.17) is 0 Å². The zero-order chi connectivity index (χ0) is 18.0. The molecule has 2 amide bonds. The number of hydrogen-bond donors (Lipinski definition) is 3. The molecule has 5 heteroatoms. The van der Waals surface area contributed by atoms with Crippen molar-refractivity contribution in [2.24, 2.45) is 5.92 Å². The second kappa shape index (κ2) is 7.24. The Kier molecular flexibility index (Phi) is 5.23. The first kappa shape index (κ1) is 18.1. The molecule has 0 aromatic heterocycles. The number of aliphatic hydroxyl groups is 1. The van der Waals surface area contributed by atoms with Crippen LogP contribution in [0.25, 0.3) is 0 Å². The van der Waals surface area contributed by atoms with Crippen molar-refractivity contribution in [3.05, 3.63) is 23.8 Å². The van der Waals surface area contributed by atoms with Gasteiger partial charge in [-0.3, -0.25) is 0 Å². The Morgan fingerprint density at radius 1 is 1.32 bits per heavy atom. The predicted molar refractivity (Wildman–Crippen MR) is 102 cm³/mol. The zero-order valence-corrected chi connectivity index (χ0v) is 15.6. The van der Waals surface area contributed by atoms with Gasteiger partial charge in [0.2, 0.25) is 0 Å². The van der Waals surface area contributed by atoms with Crippen LogP contribution in [0, 0.1) is 12.8 Å². The Labute approximate surface area is 150 Å². The number of carbonyl (C=O) groups excluding carboxylic acids is 1. The summed E-state index contributed by atoms with van der Waals surface area (Å²) in [7, 11) is 0. The molecule has 2 aliphatic rings. The van der Waals surface area contributed by atoms with E-state index in [0.717, 1.165) is 30.6 Å². The van der Waals surface area contributed by atoms with Crippen molar-refractivity contribution in [3.63, 3.8) is 0 Å². The summed E-state index contributed by atoms with van der Waals surface area (Å²) in [6.45, 7) is 7.29. The number of aliphatic hydroxyl groups excluding tert-OH is 1. The van der Waals surface area contributed by atoms with Gasteiger partial charge in [0.15, 0.2) is 0 Å². The standard InChI is InChI=1S/C20H31N3O2/c1-14-12-17(23-11-5-4-6-15(23)2)9-10-18(14)21-19(25)22-20(3,13-24)16-7-8-16/h9-10,12,15-16,24H,4-8,11,13H2,1-3H3,(H2,21,22,25). The van der Waals surface area contributed by atoms with Crippen molar-refractivity contribution in [2.45, 2.75) is 64.5 Å². The summed E-state index contributed by atoms with van der Waals surface area (Å²) in [5.74, 6) is 0.382. The molecule has 1 aliphatic heterocycles. The molecule has 5 nitrogen and oxygen atoms in total. The number of urea groups is 1. The van der Waals surface area contributed by atoms with Crippen LogP contribution in [0.4, 0.5) is 16.2 Å². The third kappa shape index (κ3) is 4.09. The first-order chi connectivity index (χ1) is 11.9. The van der Waals surface area contributed by atoms with E-state index in [2.05, 4.69) is 34.6 Å². The van der Waals surface area contributed by atoms with Crippen molar-refractivity contribution in [1.82, 2.24) is 5.32 Å². The highest BCUT2D eigenvalue weighted by atomic mass is 16.3. The fourth-order valence-electron chi connectivity index (χ4n) is 3.85. The molecule has 1 aliphatic carbocycles. The van der Waals surface area contributed by atoms with Crippen LogP contribution in [0.2, 0.25) is 0 Å². The maximum atomic E-state index is 12.4. The van der Waals surface area contributed by atoms with Crippen molar-refractivity contribution < 1.29 is 9.90 Å². The van der Waals surface area contributed by atoms with E-state index >= 15 is 0 Å². The Bertz CT molecular complexity index is 629. The van der Waals surface area contributed by atoms with E-state index in [-0.39, 0.29) is 12.6 Å². The monoisotopic (exact) mass is 345 g/mol. The van der Waals surface area contributed by atoms with Gasteiger partial charge >= 0.3 is 6.03 Å². The van der Waals surface area contributed by atoms with Gasteiger partial charge in [0.1, 0.15) is 0 Å². The van der Waals surface area contributed by atoms with Crippen LogP contribution in [0.15, 0.2) is 18.2 Å². The molecule has 1 saturated heterocycles. The molecule has 2 atom stereocenters. The molecule has 0 radical (unpaired) electrons. The molecular formula is C20H31N3O2. The van der Waals surface area contributed by atoms with E-state index in [1.54, 1.807) is 0 Å². The lowest BCUT2D eigenvalue weighted by molar-refractivity contribution is 0.159. The number of hydrogen-bond acceptors (Lipinski definition) is 3. The quantitative estimate of drug-likeness (QED) is 0.763. The summed E-state index contributed by atoms with van der Waals surface area (Å²) < 4.78 is 0. The van der Waals surface area contributed by atoms with Crippen LogP contribution in [-0.2, 0) is 0 Å². The van der Waals surface area contributed by atoms with Crippen molar-refractivity contribution in [3.8, 4) is 0 Å². The molecule has 1 heterocycles. The van der Waals surface area contributed by atoms with Gasteiger partial charge in [0.25, 0.3) is 0 Å². The number of carbonyl (C=O) groups is 1.